The summed E-state index contributed by atoms with van der Waals surface area (Å²) in [7, 11) is 2.92. The van der Waals surface area contributed by atoms with Crippen LogP contribution >= 0.6 is 0 Å². The Morgan fingerprint density at radius 2 is 1.75 bits per heavy atom. The average molecular weight is 330 g/mol. The first-order valence-corrected chi connectivity index (χ1v) is 7.61. The zero-order valence-electron chi connectivity index (χ0n) is 14.5. The number of methoxy groups -OCH3 is 2. The number of aromatic nitrogens is 1. The van der Waals surface area contributed by atoms with Crippen LogP contribution in [0.3, 0.4) is 0 Å². The van der Waals surface area contributed by atoms with E-state index in [9.17, 15) is 9.59 Å². The molecule has 2 N–H and O–H groups in total. The Labute approximate surface area is 141 Å². The van der Waals surface area contributed by atoms with E-state index in [1.807, 2.05) is 24.3 Å². The van der Waals surface area contributed by atoms with E-state index in [1.165, 1.54) is 7.11 Å². The number of hydrogen-bond donors (Lipinski definition) is 2. The predicted molar refractivity (Wildman–Crippen MR) is 92.0 cm³/mol. The van der Waals surface area contributed by atoms with Crippen LogP contribution in [0.15, 0.2) is 24.3 Å². The van der Waals surface area contributed by atoms with Gasteiger partial charge in [0.15, 0.2) is 0 Å². The van der Waals surface area contributed by atoms with Crippen molar-refractivity contribution < 1.29 is 19.1 Å². The lowest BCUT2D eigenvalue weighted by atomic mass is 10.0. The van der Waals surface area contributed by atoms with Gasteiger partial charge in [0.25, 0.3) is 0 Å². The number of ketones is 1. The fourth-order valence-corrected chi connectivity index (χ4v) is 2.62. The van der Waals surface area contributed by atoms with Crippen LogP contribution in [0.2, 0.25) is 0 Å². The number of H-pyrrole nitrogens is 1. The molecule has 1 aromatic carbocycles. The van der Waals surface area contributed by atoms with Crippen molar-refractivity contribution in [3.63, 3.8) is 0 Å². The number of aromatic amines is 1. The second-order valence-electron chi connectivity index (χ2n) is 5.58. The third-order valence-electron chi connectivity index (χ3n) is 3.94. The maximum absolute atomic E-state index is 12.7. The molecule has 1 aromatic heterocycles. The van der Waals surface area contributed by atoms with Crippen molar-refractivity contribution in [3.05, 3.63) is 46.8 Å². The fraction of sp³-hybridized carbons (Fsp3) is 0.333. The van der Waals surface area contributed by atoms with Crippen molar-refractivity contribution in [1.82, 2.24) is 4.98 Å². The van der Waals surface area contributed by atoms with Gasteiger partial charge in [-0.15, -0.1) is 0 Å². The van der Waals surface area contributed by atoms with Gasteiger partial charge in [0.05, 0.1) is 31.5 Å². The Bertz CT molecular complexity index is 747. The lowest BCUT2D eigenvalue weighted by Crippen LogP contribution is -2.27. The molecule has 0 saturated heterocycles. The molecule has 0 aliphatic heterocycles. The molecule has 1 atom stereocenters. The Balaban J connectivity index is 2.20. The van der Waals surface area contributed by atoms with Gasteiger partial charge < -0.3 is 19.8 Å². The monoisotopic (exact) mass is 330 g/mol. The zero-order chi connectivity index (χ0) is 17.9. The molecule has 6 heteroatoms. The van der Waals surface area contributed by atoms with Gasteiger partial charge in [-0.05, 0) is 50.6 Å². The highest BCUT2D eigenvalue weighted by Crippen LogP contribution is 2.22. The topological polar surface area (TPSA) is 80.4 Å². The summed E-state index contributed by atoms with van der Waals surface area (Å²) < 4.78 is 9.88. The molecule has 2 rings (SSSR count). The molecule has 0 radical (unpaired) electrons. The first kappa shape index (κ1) is 17.6. The third kappa shape index (κ3) is 3.42. The van der Waals surface area contributed by atoms with Crippen LogP contribution in [0.4, 0.5) is 5.69 Å². The number of Topliss-reactive ketones (excluding diaryl/α,β-unsaturated/α-hetero) is 1. The van der Waals surface area contributed by atoms with Gasteiger partial charge in [0.1, 0.15) is 5.75 Å². The quantitative estimate of drug-likeness (QED) is 0.628. The summed E-state index contributed by atoms with van der Waals surface area (Å²) in [4.78, 5) is 27.5. The number of anilines is 1. The van der Waals surface area contributed by atoms with Gasteiger partial charge in [-0.2, -0.15) is 0 Å². The van der Waals surface area contributed by atoms with Crippen molar-refractivity contribution in [3.8, 4) is 5.75 Å². The first-order valence-electron chi connectivity index (χ1n) is 7.61. The molecule has 0 aliphatic rings. The van der Waals surface area contributed by atoms with Crippen molar-refractivity contribution in [2.24, 2.45) is 0 Å². The lowest BCUT2D eigenvalue weighted by Gasteiger charge is -2.14. The maximum Gasteiger partial charge on any atom is 0.339 e. The van der Waals surface area contributed by atoms with Crippen molar-refractivity contribution in [1.29, 1.82) is 0 Å². The number of ether oxygens (including phenoxy) is 2. The van der Waals surface area contributed by atoms with Crippen LogP contribution in [0.5, 0.6) is 5.75 Å². The molecule has 0 unspecified atom stereocenters. The molecule has 2 aromatic rings. The summed E-state index contributed by atoms with van der Waals surface area (Å²) in [5, 5.41) is 3.15. The van der Waals surface area contributed by atoms with Crippen LogP contribution in [0.1, 0.15) is 39.0 Å². The maximum atomic E-state index is 12.7. The minimum absolute atomic E-state index is 0.124. The van der Waals surface area contributed by atoms with Crippen molar-refractivity contribution in [2.75, 3.05) is 19.5 Å². The van der Waals surface area contributed by atoms with Crippen molar-refractivity contribution >= 4 is 17.4 Å². The molecular weight excluding hydrogens is 308 g/mol. The Hall–Kier alpha value is -2.76. The molecule has 0 fully saturated rings. The highest BCUT2D eigenvalue weighted by Gasteiger charge is 2.25. The van der Waals surface area contributed by atoms with Gasteiger partial charge in [0.2, 0.25) is 5.78 Å². The summed E-state index contributed by atoms with van der Waals surface area (Å²) in [6.45, 7) is 5.26. The summed E-state index contributed by atoms with van der Waals surface area (Å²) in [5.41, 5.74) is 2.87. The van der Waals surface area contributed by atoms with Gasteiger partial charge in [0, 0.05) is 11.4 Å². The first-order chi connectivity index (χ1) is 11.4. The largest absolute Gasteiger partial charge is 0.497 e. The Kier molecular flexibility index (Phi) is 5.28. The SMILES string of the molecule is COC(=O)c1c(C)[nH]c(C(=O)[C@@H](C)Nc2ccc(OC)cc2)c1C. The van der Waals surface area contributed by atoms with Gasteiger partial charge in [-0.25, -0.2) is 4.79 Å². The molecule has 0 bridgehead atoms. The van der Waals surface area contributed by atoms with Crippen LogP contribution in [0.25, 0.3) is 0 Å². The highest BCUT2D eigenvalue weighted by molar-refractivity contribution is 6.04. The minimum atomic E-state index is -0.458. The lowest BCUT2D eigenvalue weighted by molar-refractivity contribution is 0.0599. The summed E-state index contributed by atoms with van der Waals surface area (Å²) in [6.07, 6.45) is 0. The van der Waals surface area contributed by atoms with E-state index < -0.39 is 12.0 Å². The van der Waals surface area contributed by atoms with E-state index in [4.69, 9.17) is 9.47 Å². The number of carbonyl (C=O) groups is 2. The molecular formula is C18H22N2O4. The van der Waals surface area contributed by atoms with Gasteiger partial charge in [-0.3, -0.25) is 4.79 Å². The molecule has 0 aliphatic carbocycles. The standard InChI is InChI=1S/C18H22N2O4/c1-10-15(18(22)24-5)11(2)20-16(10)17(21)12(3)19-13-6-8-14(23-4)9-7-13/h6-9,12,19-20H,1-5H3/t12-/m1/s1. The Morgan fingerprint density at radius 1 is 1.12 bits per heavy atom. The second-order valence-corrected chi connectivity index (χ2v) is 5.58. The van der Waals surface area contributed by atoms with E-state index in [0.29, 0.717) is 22.5 Å². The smallest absolute Gasteiger partial charge is 0.339 e. The molecule has 1 heterocycles. The average Bonchev–Trinajstić information content (AvgIpc) is 2.88. The summed E-state index contributed by atoms with van der Waals surface area (Å²) in [5.74, 6) is 0.177. The van der Waals surface area contributed by atoms with Crippen molar-refractivity contribution in [2.45, 2.75) is 26.8 Å². The van der Waals surface area contributed by atoms with Crippen LogP contribution < -0.4 is 10.1 Å². The normalized spacial score (nSPS) is 11.7. The minimum Gasteiger partial charge on any atom is -0.497 e. The molecule has 0 amide bonds. The van der Waals surface area contributed by atoms with E-state index in [-0.39, 0.29) is 5.78 Å². The third-order valence-corrected chi connectivity index (χ3v) is 3.94. The van der Waals surface area contributed by atoms with E-state index in [0.717, 1.165) is 11.4 Å². The number of benzene rings is 1. The van der Waals surface area contributed by atoms with Gasteiger partial charge in [-0.1, -0.05) is 0 Å². The molecule has 24 heavy (non-hydrogen) atoms. The second kappa shape index (κ2) is 7.21. The zero-order valence-corrected chi connectivity index (χ0v) is 14.5. The number of esters is 1. The van der Waals surface area contributed by atoms with E-state index in [2.05, 4.69) is 10.3 Å². The van der Waals surface area contributed by atoms with E-state index >= 15 is 0 Å². The highest BCUT2D eigenvalue weighted by atomic mass is 16.5. The number of carbonyl (C=O) groups excluding carboxylic acids is 2. The van der Waals surface area contributed by atoms with Crippen LogP contribution in [-0.2, 0) is 4.74 Å². The van der Waals surface area contributed by atoms with E-state index in [1.54, 1.807) is 27.9 Å². The summed E-state index contributed by atoms with van der Waals surface area (Å²) in [6, 6.07) is 6.86. The van der Waals surface area contributed by atoms with Gasteiger partial charge >= 0.3 is 5.97 Å². The van der Waals surface area contributed by atoms with Crippen LogP contribution in [-0.4, -0.2) is 37.0 Å². The molecule has 128 valence electrons. The Morgan fingerprint density at radius 3 is 2.29 bits per heavy atom. The summed E-state index contributed by atoms with van der Waals surface area (Å²) >= 11 is 0. The number of nitrogens with one attached hydrogen (secondary N) is 2. The molecule has 0 spiro atoms. The fourth-order valence-electron chi connectivity index (χ4n) is 2.62. The number of rotatable bonds is 6. The molecule has 6 nitrogen and oxygen atoms in total. The van der Waals surface area contributed by atoms with Crippen LogP contribution in [0, 0.1) is 13.8 Å². The number of aryl methyl sites for hydroxylation is 1. The molecule has 0 saturated carbocycles. The predicted octanol–water partition coefficient (Wildman–Crippen LogP) is 3.11. The number of hydrogen-bond acceptors (Lipinski definition) is 5.